The van der Waals surface area contributed by atoms with Crippen LogP contribution in [0.5, 0.6) is 0 Å². The predicted molar refractivity (Wildman–Crippen MR) is 109 cm³/mol. The Balaban J connectivity index is 2.27. The molecule has 0 aliphatic heterocycles. The average Bonchev–Trinajstić information content (AvgIpc) is 3.01. The fraction of sp³-hybridized carbons (Fsp3) is 0.545. The number of aryl methyl sites for hydroxylation is 1. The van der Waals surface area contributed by atoms with E-state index >= 15 is 0 Å². The van der Waals surface area contributed by atoms with Gasteiger partial charge in [0.25, 0.3) is 5.91 Å². The monoisotopic (exact) mass is 390 g/mol. The van der Waals surface area contributed by atoms with Crippen molar-refractivity contribution in [3.05, 3.63) is 36.0 Å². The van der Waals surface area contributed by atoms with Crippen molar-refractivity contribution < 1.29 is 18.7 Å². The first-order chi connectivity index (χ1) is 13.3. The number of esters is 1. The van der Waals surface area contributed by atoms with E-state index in [1.54, 1.807) is 6.92 Å². The molecule has 1 heterocycles. The number of rotatable bonds is 9. The van der Waals surface area contributed by atoms with Crippen LogP contribution in [-0.2, 0) is 16.1 Å². The zero-order valence-corrected chi connectivity index (χ0v) is 17.3. The van der Waals surface area contributed by atoms with E-state index in [9.17, 15) is 14.0 Å². The highest BCUT2D eigenvalue weighted by molar-refractivity contribution is 6.08. The molecule has 1 amide bonds. The molecule has 6 heteroatoms. The molecular formula is C22H31FN2O3. The van der Waals surface area contributed by atoms with Gasteiger partial charge in [0, 0.05) is 23.6 Å². The van der Waals surface area contributed by atoms with Crippen molar-refractivity contribution in [2.24, 2.45) is 5.41 Å². The number of nitrogens with zero attached hydrogens (tertiary/aromatic N) is 1. The number of carbonyl (C=O) groups excluding carboxylic acids is 2. The Bertz CT molecular complexity index is 808. The summed E-state index contributed by atoms with van der Waals surface area (Å²) in [5.74, 6) is -0.731. The molecule has 0 aliphatic carbocycles. The van der Waals surface area contributed by atoms with E-state index in [-0.39, 0.29) is 19.2 Å². The first-order valence-corrected chi connectivity index (χ1v) is 9.91. The fourth-order valence-electron chi connectivity index (χ4n) is 3.23. The maximum atomic E-state index is 13.0. The molecule has 1 atom stereocenters. The number of hydrogen-bond acceptors (Lipinski definition) is 3. The third-order valence-electron chi connectivity index (χ3n) is 4.73. The molecule has 154 valence electrons. The summed E-state index contributed by atoms with van der Waals surface area (Å²) in [6.45, 7) is 8.10. The smallest absolute Gasteiger partial charge is 0.329 e. The fourth-order valence-corrected chi connectivity index (χ4v) is 3.23. The molecule has 1 unspecified atom stereocenters. The van der Waals surface area contributed by atoms with E-state index in [0.29, 0.717) is 18.5 Å². The Labute approximate surface area is 166 Å². The van der Waals surface area contributed by atoms with Crippen LogP contribution in [0.1, 0.15) is 57.3 Å². The molecule has 0 saturated carbocycles. The Morgan fingerprint density at radius 3 is 2.54 bits per heavy atom. The van der Waals surface area contributed by atoms with Crippen molar-refractivity contribution in [3.8, 4) is 0 Å². The molecule has 0 aliphatic rings. The molecule has 0 bridgehead atoms. The highest BCUT2D eigenvalue weighted by Gasteiger charge is 2.34. The lowest BCUT2D eigenvalue weighted by Crippen LogP contribution is -2.49. The first-order valence-electron chi connectivity index (χ1n) is 9.91. The van der Waals surface area contributed by atoms with Gasteiger partial charge in [-0.15, -0.1) is 0 Å². The third-order valence-corrected chi connectivity index (χ3v) is 4.73. The van der Waals surface area contributed by atoms with Crippen LogP contribution in [0.15, 0.2) is 30.5 Å². The number of nitrogens with one attached hydrogen (secondary N) is 1. The first kappa shape index (κ1) is 21.9. The molecule has 28 heavy (non-hydrogen) atoms. The van der Waals surface area contributed by atoms with Crippen LogP contribution in [0.4, 0.5) is 4.39 Å². The zero-order valence-electron chi connectivity index (χ0n) is 17.3. The van der Waals surface area contributed by atoms with Gasteiger partial charge in [-0.25, -0.2) is 4.79 Å². The van der Waals surface area contributed by atoms with Crippen LogP contribution in [0.2, 0.25) is 0 Å². The molecule has 5 nitrogen and oxygen atoms in total. The quantitative estimate of drug-likeness (QED) is 0.507. The summed E-state index contributed by atoms with van der Waals surface area (Å²) in [4.78, 5) is 25.4. The summed E-state index contributed by atoms with van der Waals surface area (Å²) in [6, 6.07) is 6.94. The average molecular weight is 390 g/mol. The minimum atomic E-state index is -0.744. The number of hydrogen-bond donors (Lipinski definition) is 1. The highest BCUT2D eigenvalue weighted by atomic mass is 19.1. The second kappa shape index (κ2) is 9.71. The molecule has 1 aromatic heterocycles. The van der Waals surface area contributed by atoms with Crippen LogP contribution < -0.4 is 5.32 Å². The molecular weight excluding hydrogens is 359 g/mol. The molecule has 0 saturated heterocycles. The van der Waals surface area contributed by atoms with E-state index in [1.165, 1.54) is 0 Å². The predicted octanol–water partition coefficient (Wildman–Crippen LogP) is 4.49. The molecule has 2 aromatic rings. The van der Waals surface area contributed by atoms with Gasteiger partial charge in [0.1, 0.15) is 6.04 Å². The van der Waals surface area contributed by atoms with Crippen molar-refractivity contribution in [1.29, 1.82) is 0 Å². The molecule has 1 aromatic carbocycles. The molecule has 2 rings (SSSR count). The SMILES string of the molecule is CCOC(=O)C(NC(=O)c1cn(CCCCCF)c2ccccc12)C(C)(C)C. The Morgan fingerprint density at radius 2 is 1.89 bits per heavy atom. The number of benzene rings is 1. The van der Waals surface area contributed by atoms with Gasteiger partial charge < -0.3 is 14.6 Å². The van der Waals surface area contributed by atoms with Gasteiger partial charge in [-0.1, -0.05) is 39.0 Å². The Hall–Kier alpha value is -2.37. The number of halogens is 1. The summed E-state index contributed by atoms with van der Waals surface area (Å²) in [7, 11) is 0. The number of alkyl halides is 1. The van der Waals surface area contributed by atoms with Gasteiger partial charge in [0.2, 0.25) is 0 Å². The van der Waals surface area contributed by atoms with Gasteiger partial charge in [-0.2, -0.15) is 0 Å². The van der Waals surface area contributed by atoms with Crippen molar-refractivity contribution in [3.63, 3.8) is 0 Å². The Morgan fingerprint density at radius 1 is 1.18 bits per heavy atom. The molecule has 0 spiro atoms. The largest absolute Gasteiger partial charge is 0.464 e. The van der Waals surface area contributed by atoms with Crippen LogP contribution in [-0.4, -0.2) is 35.8 Å². The maximum Gasteiger partial charge on any atom is 0.329 e. The number of para-hydroxylation sites is 1. The lowest BCUT2D eigenvalue weighted by Gasteiger charge is -2.29. The van der Waals surface area contributed by atoms with Crippen molar-refractivity contribution in [1.82, 2.24) is 9.88 Å². The number of amides is 1. The highest BCUT2D eigenvalue weighted by Crippen LogP contribution is 2.25. The topological polar surface area (TPSA) is 60.3 Å². The maximum absolute atomic E-state index is 13.0. The van der Waals surface area contributed by atoms with Gasteiger partial charge in [0.15, 0.2) is 0 Å². The summed E-state index contributed by atoms with van der Waals surface area (Å²) in [5.41, 5.74) is 1.00. The van der Waals surface area contributed by atoms with Gasteiger partial charge in [-0.05, 0) is 37.7 Å². The summed E-state index contributed by atoms with van der Waals surface area (Å²) >= 11 is 0. The van der Waals surface area contributed by atoms with E-state index in [1.807, 2.05) is 55.8 Å². The van der Waals surface area contributed by atoms with Crippen molar-refractivity contribution in [2.45, 2.75) is 59.5 Å². The summed E-state index contributed by atoms with van der Waals surface area (Å²) in [6.07, 6.45) is 4.02. The van der Waals surface area contributed by atoms with Gasteiger partial charge in [0.05, 0.1) is 18.8 Å². The van der Waals surface area contributed by atoms with Crippen molar-refractivity contribution >= 4 is 22.8 Å². The number of aromatic nitrogens is 1. The normalized spacial score (nSPS) is 12.8. The lowest BCUT2D eigenvalue weighted by molar-refractivity contribution is -0.148. The number of ether oxygens (including phenoxy) is 1. The van der Waals surface area contributed by atoms with Crippen molar-refractivity contribution in [2.75, 3.05) is 13.3 Å². The minimum absolute atomic E-state index is 0.263. The van der Waals surface area contributed by atoms with E-state index in [2.05, 4.69) is 5.32 Å². The lowest BCUT2D eigenvalue weighted by atomic mass is 9.86. The third kappa shape index (κ3) is 5.33. The van der Waals surface area contributed by atoms with Crippen LogP contribution in [0.25, 0.3) is 10.9 Å². The number of unbranched alkanes of at least 4 members (excludes halogenated alkanes) is 2. The second-order valence-electron chi connectivity index (χ2n) is 8.03. The van der Waals surface area contributed by atoms with Gasteiger partial charge >= 0.3 is 5.97 Å². The summed E-state index contributed by atoms with van der Waals surface area (Å²) < 4.78 is 19.5. The number of fused-ring (bicyclic) bond motifs is 1. The second-order valence-corrected chi connectivity index (χ2v) is 8.03. The van der Waals surface area contributed by atoms with Crippen LogP contribution in [0.3, 0.4) is 0 Å². The van der Waals surface area contributed by atoms with Gasteiger partial charge in [-0.3, -0.25) is 9.18 Å². The molecule has 1 N–H and O–H groups in total. The molecule has 0 fully saturated rings. The van der Waals surface area contributed by atoms with E-state index in [4.69, 9.17) is 4.74 Å². The van der Waals surface area contributed by atoms with E-state index < -0.39 is 17.4 Å². The van der Waals surface area contributed by atoms with Crippen LogP contribution in [0, 0.1) is 5.41 Å². The van der Waals surface area contributed by atoms with Crippen LogP contribution >= 0.6 is 0 Å². The van der Waals surface area contributed by atoms with E-state index in [0.717, 1.165) is 23.7 Å². The molecule has 0 radical (unpaired) electrons. The zero-order chi connectivity index (χ0) is 20.7. The summed E-state index contributed by atoms with van der Waals surface area (Å²) in [5, 5.41) is 3.70. The number of carbonyl (C=O) groups is 2. The minimum Gasteiger partial charge on any atom is -0.464 e. The Kier molecular flexibility index (Phi) is 7.61. The standard InChI is InChI=1S/C22H31FN2O3/c1-5-28-21(27)19(22(2,3)4)24-20(26)17-15-25(14-10-6-9-13-23)18-12-8-7-11-16(17)18/h7-8,11-12,15,19H,5-6,9-10,13-14H2,1-4H3,(H,24,26).